The molecule has 0 unspecified atom stereocenters. The van der Waals surface area contributed by atoms with Crippen molar-refractivity contribution in [3.05, 3.63) is 52.2 Å². The number of para-hydroxylation sites is 1. The van der Waals surface area contributed by atoms with Gasteiger partial charge in [0.2, 0.25) is 0 Å². The molecule has 0 aliphatic heterocycles. The fraction of sp³-hybridized carbons (Fsp3) is 0.412. The summed E-state index contributed by atoms with van der Waals surface area (Å²) in [7, 11) is 1.74. The van der Waals surface area contributed by atoms with Crippen molar-refractivity contribution < 1.29 is 4.74 Å². The molecule has 2 nitrogen and oxygen atoms in total. The second-order valence-corrected chi connectivity index (χ2v) is 5.99. The minimum Gasteiger partial charge on any atom is -0.496 e. The van der Waals surface area contributed by atoms with E-state index in [1.54, 1.807) is 7.11 Å². The SMILES string of the molecule is CCCCN(Cc1cccs1)Cc1ccccc1OC. The first-order chi connectivity index (χ1) is 9.83. The monoisotopic (exact) mass is 289 g/mol. The number of hydrogen-bond donors (Lipinski definition) is 0. The van der Waals surface area contributed by atoms with Crippen LogP contribution in [0.5, 0.6) is 5.75 Å². The van der Waals surface area contributed by atoms with Gasteiger partial charge in [0.05, 0.1) is 7.11 Å². The van der Waals surface area contributed by atoms with Crippen molar-refractivity contribution in [2.24, 2.45) is 0 Å². The first-order valence-electron chi connectivity index (χ1n) is 7.20. The van der Waals surface area contributed by atoms with Gasteiger partial charge in [0.15, 0.2) is 0 Å². The lowest BCUT2D eigenvalue weighted by molar-refractivity contribution is 0.250. The van der Waals surface area contributed by atoms with E-state index < -0.39 is 0 Å². The highest BCUT2D eigenvalue weighted by molar-refractivity contribution is 7.09. The maximum atomic E-state index is 5.46. The number of rotatable bonds is 8. The Bertz CT molecular complexity index is 495. The van der Waals surface area contributed by atoms with Crippen molar-refractivity contribution in [2.45, 2.75) is 32.9 Å². The van der Waals surface area contributed by atoms with Gasteiger partial charge in [0, 0.05) is 23.5 Å². The molecule has 0 radical (unpaired) electrons. The van der Waals surface area contributed by atoms with E-state index in [0.29, 0.717) is 0 Å². The van der Waals surface area contributed by atoms with E-state index in [1.807, 2.05) is 23.5 Å². The Morgan fingerprint density at radius 2 is 1.95 bits per heavy atom. The summed E-state index contributed by atoms with van der Waals surface area (Å²) in [6.45, 7) is 5.34. The second kappa shape index (κ2) is 8.08. The lowest BCUT2D eigenvalue weighted by Crippen LogP contribution is -2.23. The fourth-order valence-corrected chi connectivity index (χ4v) is 3.04. The number of thiophene rings is 1. The third-order valence-corrected chi connectivity index (χ3v) is 4.24. The molecule has 0 aliphatic rings. The Labute approximate surface area is 126 Å². The quantitative estimate of drug-likeness (QED) is 0.706. The van der Waals surface area contributed by atoms with Crippen molar-refractivity contribution in [3.63, 3.8) is 0 Å². The van der Waals surface area contributed by atoms with Gasteiger partial charge in [0.1, 0.15) is 5.75 Å². The summed E-state index contributed by atoms with van der Waals surface area (Å²) in [5.41, 5.74) is 1.27. The first-order valence-corrected chi connectivity index (χ1v) is 8.08. The highest BCUT2D eigenvalue weighted by atomic mass is 32.1. The average molecular weight is 289 g/mol. The van der Waals surface area contributed by atoms with Crippen LogP contribution in [0.15, 0.2) is 41.8 Å². The molecule has 0 spiro atoms. The first kappa shape index (κ1) is 15.1. The molecular weight excluding hydrogens is 266 g/mol. The Morgan fingerprint density at radius 3 is 2.65 bits per heavy atom. The number of unbranched alkanes of at least 4 members (excludes halogenated alkanes) is 1. The minimum absolute atomic E-state index is 0.946. The highest BCUT2D eigenvalue weighted by Crippen LogP contribution is 2.21. The number of hydrogen-bond acceptors (Lipinski definition) is 3. The number of benzene rings is 1. The van der Waals surface area contributed by atoms with Crippen molar-refractivity contribution in [1.82, 2.24) is 4.90 Å². The minimum atomic E-state index is 0.946. The van der Waals surface area contributed by atoms with Crippen LogP contribution in [0, 0.1) is 0 Å². The molecule has 2 rings (SSSR count). The zero-order chi connectivity index (χ0) is 14.2. The van der Waals surface area contributed by atoms with Crippen molar-refractivity contribution in [2.75, 3.05) is 13.7 Å². The molecule has 0 aliphatic carbocycles. The van der Waals surface area contributed by atoms with E-state index in [0.717, 1.165) is 25.4 Å². The predicted molar refractivity (Wildman–Crippen MR) is 86.3 cm³/mol. The van der Waals surface area contributed by atoms with Crippen LogP contribution in [-0.4, -0.2) is 18.6 Å². The summed E-state index contributed by atoms with van der Waals surface area (Å²) in [6, 6.07) is 12.6. The molecule has 0 N–H and O–H groups in total. The predicted octanol–water partition coefficient (Wildman–Crippen LogP) is 4.56. The van der Waals surface area contributed by atoms with Gasteiger partial charge in [-0.15, -0.1) is 11.3 Å². The zero-order valence-electron chi connectivity index (χ0n) is 12.3. The molecule has 0 amide bonds. The van der Waals surface area contributed by atoms with Crippen LogP contribution in [-0.2, 0) is 13.1 Å². The molecular formula is C17H23NOS. The molecule has 0 saturated heterocycles. The van der Waals surface area contributed by atoms with Gasteiger partial charge >= 0.3 is 0 Å². The van der Waals surface area contributed by atoms with Crippen molar-refractivity contribution >= 4 is 11.3 Å². The van der Waals surface area contributed by atoms with Crippen molar-refractivity contribution in [1.29, 1.82) is 0 Å². The summed E-state index contributed by atoms with van der Waals surface area (Å²) in [4.78, 5) is 3.93. The summed E-state index contributed by atoms with van der Waals surface area (Å²) in [5.74, 6) is 0.986. The third kappa shape index (κ3) is 4.36. The van der Waals surface area contributed by atoms with Gasteiger partial charge in [-0.1, -0.05) is 37.6 Å². The molecule has 1 heterocycles. The van der Waals surface area contributed by atoms with Gasteiger partial charge in [-0.25, -0.2) is 0 Å². The van der Waals surface area contributed by atoms with E-state index in [-0.39, 0.29) is 0 Å². The van der Waals surface area contributed by atoms with Crippen LogP contribution in [0.1, 0.15) is 30.2 Å². The lowest BCUT2D eigenvalue weighted by Gasteiger charge is -2.22. The van der Waals surface area contributed by atoms with Crippen LogP contribution >= 0.6 is 11.3 Å². The van der Waals surface area contributed by atoms with Crippen LogP contribution in [0.25, 0.3) is 0 Å². The number of methoxy groups -OCH3 is 1. The van der Waals surface area contributed by atoms with Gasteiger partial charge < -0.3 is 4.74 Å². The summed E-state index contributed by atoms with van der Waals surface area (Å²) in [6.07, 6.45) is 2.47. The maximum Gasteiger partial charge on any atom is 0.123 e. The van der Waals surface area contributed by atoms with Crippen LogP contribution in [0.4, 0.5) is 0 Å². The Kier molecular flexibility index (Phi) is 6.09. The Balaban J connectivity index is 2.06. The van der Waals surface area contributed by atoms with Crippen LogP contribution in [0.3, 0.4) is 0 Å². The van der Waals surface area contributed by atoms with Gasteiger partial charge in [-0.05, 0) is 30.5 Å². The Morgan fingerprint density at radius 1 is 1.10 bits per heavy atom. The molecule has 108 valence electrons. The topological polar surface area (TPSA) is 12.5 Å². The Hall–Kier alpha value is -1.32. The molecule has 0 fully saturated rings. The van der Waals surface area contributed by atoms with E-state index in [9.17, 15) is 0 Å². The van der Waals surface area contributed by atoms with Gasteiger partial charge in [-0.3, -0.25) is 4.90 Å². The average Bonchev–Trinajstić information content (AvgIpc) is 2.98. The second-order valence-electron chi connectivity index (χ2n) is 4.96. The zero-order valence-corrected chi connectivity index (χ0v) is 13.2. The molecule has 0 bridgehead atoms. The molecule has 0 saturated carbocycles. The van der Waals surface area contributed by atoms with Crippen molar-refractivity contribution in [3.8, 4) is 5.75 Å². The molecule has 1 aromatic heterocycles. The third-order valence-electron chi connectivity index (χ3n) is 3.37. The standard InChI is InChI=1S/C17H23NOS/c1-3-4-11-18(14-16-9-7-12-20-16)13-15-8-5-6-10-17(15)19-2/h5-10,12H,3-4,11,13-14H2,1-2H3. The summed E-state index contributed by atoms with van der Waals surface area (Å²) < 4.78 is 5.46. The summed E-state index contributed by atoms with van der Waals surface area (Å²) in [5, 5.41) is 2.15. The fourth-order valence-electron chi connectivity index (χ4n) is 2.29. The van der Waals surface area contributed by atoms with Gasteiger partial charge in [-0.2, -0.15) is 0 Å². The number of ether oxygens (including phenoxy) is 1. The molecule has 2 aromatic rings. The molecule has 1 aromatic carbocycles. The molecule has 3 heteroatoms. The summed E-state index contributed by atoms with van der Waals surface area (Å²) >= 11 is 1.83. The highest BCUT2D eigenvalue weighted by Gasteiger charge is 2.10. The maximum absolute atomic E-state index is 5.46. The van der Waals surface area contributed by atoms with Crippen LogP contribution < -0.4 is 4.74 Å². The van der Waals surface area contributed by atoms with Crippen LogP contribution in [0.2, 0.25) is 0 Å². The largest absolute Gasteiger partial charge is 0.496 e. The van der Waals surface area contributed by atoms with E-state index >= 15 is 0 Å². The van der Waals surface area contributed by atoms with E-state index in [4.69, 9.17) is 4.74 Å². The smallest absolute Gasteiger partial charge is 0.123 e. The number of nitrogens with zero attached hydrogens (tertiary/aromatic N) is 1. The van der Waals surface area contributed by atoms with E-state index in [1.165, 1.54) is 23.3 Å². The van der Waals surface area contributed by atoms with E-state index in [2.05, 4.69) is 41.5 Å². The molecule has 0 atom stereocenters. The van der Waals surface area contributed by atoms with Gasteiger partial charge in [0.25, 0.3) is 0 Å². The molecule has 20 heavy (non-hydrogen) atoms. The lowest BCUT2D eigenvalue weighted by atomic mass is 10.1. The normalized spacial score (nSPS) is 10.9.